The molecule has 0 saturated heterocycles. The Hall–Kier alpha value is -1.64. The Bertz CT molecular complexity index is 749. The second-order valence-electron chi connectivity index (χ2n) is 5.31. The molecule has 1 aliphatic carbocycles. The van der Waals surface area contributed by atoms with Crippen molar-refractivity contribution in [1.29, 1.82) is 5.26 Å². The van der Waals surface area contributed by atoms with Gasteiger partial charge in [-0.1, -0.05) is 0 Å². The number of hydrogen-bond donors (Lipinski definition) is 1. The molecule has 1 N–H and O–H groups in total. The quantitative estimate of drug-likeness (QED) is 0.891. The molecule has 2 aromatic heterocycles. The smallest absolute Gasteiger partial charge is 0.257 e. The molecule has 0 bridgehead atoms. The number of carbonyl (C=O) groups is 1. The van der Waals surface area contributed by atoms with Crippen molar-refractivity contribution in [2.45, 2.75) is 39.5 Å². The summed E-state index contributed by atoms with van der Waals surface area (Å²) in [5.41, 5.74) is 2.54. The van der Waals surface area contributed by atoms with Gasteiger partial charge in [-0.25, -0.2) is 0 Å². The summed E-state index contributed by atoms with van der Waals surface area (Å²) in [6.07, 6.45) is 4.30. The van der Waals surface area contributed by atoms with Crippen molar-refractivity contribution in [3.05, 3.63) is 37.4 Å². The minimum absolute atomic E-state index is 0.105. The van der Waals surface area contributed by atoms with E-state index in [2.05, 4.69) is 11.4 Å². The number of nitrogens with one attached hydrogen (secondary N) is 1. The van der Waals surface area contributed by atoms with Crippen LogP contribution >= 0.6 is 22.7 Å². The zero-order chi connectivity index (χ0) is 15.0. The predicted molar refractivity (Wildman–Crippen MR) is 87.4 cm³/mol. The fourth-order valence-corrected chi connectivity index (χ4v) is 4.96. The van der Waals surface area contributed by atoms with Crippen molar-refractivity contribution in [2.75, 3.05) is 5.32 Å². The molecule has 5 heteroatoms. The largest absolute Gasteiger partial charge is 0.312 e. The Balaban J connectivity index is 1.92. The molecule has 108 valence electrons. The number of hydrogen-bond acceptors (Lipinski definition) is 4. The van der Waals surface area contributed by atoms with Crippen LogP contribution in [-0.2, 0) is 12.8 Å². The van der Waals surface area contributed by atoms with Gasteiger partial charge in [-0.2, -0.15) is 5.26 Å². The van der Waals surface area contributed by atoms with E-state index in [4.69, 9.17) is 0 Å². The molecule has 0 unspecified atom stereocenters. The lowest BCUT2D eigenvalue weighted by Gasteiger charge is -2.09. The zero-order valence-electron chi connectivity index (χ0n) is 12.1. The Labute approximate surface area is 132 Å². The molecule has 21 heavy (non-hydrogen) atoms. The average molecular weight is 316 g/mol. The Morgan fingerprint density at radius 3 is 2.71 bits per heavy atom. The molecule has 1 amide bonds. The summed E-state index contributed by atoms with van der Waals surface area (Å²) in [5.74, 6) is -0.105. The molecular weight excluding hydrogens is 300 g/mol. The maximum Gasteiger partial charge on any atom is 0.257 e. The zero-order valence-corrected chi connectivity index (χ0v) is 13.7. The second kappa shape index (κ2) is 5.63. The van der Waals surface area contributed by atoms with Crippen LogP contribution in [0.1, 0.15) is 49.0 Å². The molecule has 0 saturated carbocycles. The first-order valence-electron chi connectivity index (χ1n) is 7.03. The molecular formula is C16H16N2OS2. The summed E-state index contributed by atoms with van der Waals surface area (Å²) in [5, 5.41) is 13.1. The first kappa shape index (κ1) is 14.3. The first-order chi connectivity index (χ1) is 10.1. The number of thiophene rings is 2. The molecule has 0 spiro atoms. The van der Waals surface area contributed by atoms with Gasteiger partial charge >= 0.3 is 0 Å². The third-order valence-electron chi connectivity index (χ3n) is 3.80. The van der Waals surface area contributed by atoms with Gasteiger partial charge in [-0.05, 0) is 51.2 Å². The van der Waals surface area contributed by atoms with Crippen LogP contribution in [0.25, 0.3) is 0 Å². The van der Waals surface area contributed by atoms with Gasteiger partial charge < -0.3 is 5.32 Å². The number of fused-ring (bicyclic) bond motifs is 1. The van der Waals surface area contributed by atoms with E-state index in [0.717, 1.165) is 39.6 Å². The van der Waals surface area contributed by atoms with Gasteiger partial charge in [0.25, 0.3) is 5.91 Å². The van der Waals surface area contributed by atoms with Crippen LogP contribution in [0.3, 0.4) is 0 Å². The SMILES string of the molecule is Cc1cc(C(=O)Nc2sc3c(c2C#N)CCCC3)c(C)s1. The maximum atomic E-state index is 12.4. The van der Waals surface area contributed by atoms with Crippen LogP contribution in [0.2, 0.25) is 0 Å². The number of amides is 1. The van der Waals surface area contributed by atoms with Crippen LogP contribution in [0.5, 0.6) is 0 Å². The standard InChI is InChI=1S/C16H16N2OS2/c1-9-7-12(10(2)20-9)15(19)18-16-13(8-17)11-5-3-4-6-14(11)21-16/h7H,3-6H2,1-2H3,(H,18,19). The summed E-state index contributed by atoms with van der Waals surface area (Å²) < 4.78 is 0. The van der Waals surface area contributed by atoms with Crippen LogP contribution in [0, 0.1) is 25.2 Å². The monoisotopic (exact) mass is 316 g/mol. The minimum Gasteiger partial charge on any atom is -0.312 e. The number of nitriles is 1. The van der Waals surface area contributed by atoms with Gasteiger partial charge in [0.1, 0.15) is 11.1 Å². The molecule has 2 heterocycles. The Morgan fingerprint density at radius 1 is 1.29 bits per heavy atom. The number of nitrogens with zero attached hydrogens (tertiary/aromatic N) is 1. The van der Waals surface area contributed by atoms with Crippen LogP contribution < -0.4 is 5.32 Å². The lowest BCUT2D eigenvalue weighted by Crippen LogP contribution is -2.12. The molecule has 0 atom stereocenters. The lowest BCUT2D eigenvalue weighted by molar-refractivity contribution is 0.102. The number of carbonyl (C=O) groups excluding carboxylic acids is 1. The highest BCUT2D eigenvalue weighted by Crippen LogP contribution is 2.38. The van der Waals surface area contributed by atoms with Crippen molar-refractivity contribution < 1.29 is 4.79 Å². The Morgan fingerprint density at radius 2 is 2.05 bits per heavy atom. The van der Waals surface area contributed by atoms with Crippen molar-refractivity contribution in [2.24, 2.45) is 0 Å². The molecule has 3 rings (SSSR count). The van der Waals surface area contributed by atoms with Crippen LogP contribution in [0.15, 0.2) is 6.07 Å². The van der Waals surface area contributed by atoms with E-state index >= 15 is 0 Å². The molecule has 1 aliphatic rings. The molecule has 2 aromatic rings. The van der Waals surface area contributed by atoms with Crippen molar-refractivity contribution in [3.8, 4) is 6.07 Å². The van der Waals surface area contributed by atoms with Gasteiger partial charge in [0, 0.05) is 14.6 Å². The van der Waals surface area contributed by atoms with E-state index < -0.39 is 0 Å². The van der Waals surface area contributed by atoms with Crippen LogP contribution in [-0.4, -0.2) is 5.91 Å². The minimum atomic E-state index is -0.105. The van der Waals surface area contributed by atoms with Crippen LogP contribution in [0.4, 0.5) is 5.00 Å². The average Bonchev–Trinajstić information content (AvgIpc) is 2.97. The number of anilines is 1. The second-order valence-corrected chi connectivity index (χ2v) is 7.87. The fraction of sp³-hybridized carbons (Fsp3) is 0.375. The van der Waals surface area contributed by atoms with E-state index in [0.29, 0.717) is 11.1 Å². The van der Waals surface area contributed by atoms with Crippen molar-refractivity contribution in [3.63, 3.8) is 0 Å². The highest BCUT2D eigenvalue weighted by atomic mass is 32.1. The highest BCUT2D eigenvalue weighted by molar-refractivity contribution is 7.16. The summed E-state index contributed by atoms with van der Waals surface area (Å²) in [6, 6.07) is 4.19. The van der Waals surface area contributed by atoms with Crippen molar-refractivity contribution >= 4 is 33.6 Å². The lowest BCUT2D eigenvalue weighted by atomic mass is 9.96. The molecule has 0 radical (unpaired) electrons. The van der Waals surface area contributed by atoms with Gasteiger partial charge in [-0.3, -0.25) is 4.79 Å². The first-order valence-corrected chi connectivity index (χ1v) is 8.66. The van der Waals surface area contributed by atoms with E-state index in [-0.39, 0.29) is 5.91 Å². The van der Waals surface area contributed by atoms with E-state index in [1.165, 1.54) is 11.3 Å². The third-order valence-corrected chi connectivity index (χ3v) is 5.97. The maximum absolute atomic E-state index is 12.4. The van der Waals surface area contributed by atoms with E-state index in [1.807, 2.05) is 19.9 Å². The molecule has 0 aromatic carbocycles. The molecule has 0 fully saturated rings. The van der Waals surface area contributed by atoms with Gasteiger partial charge in [0.05, 0.1) is 11.1 Å². The summed E-state index contributed by atoms with van der Waals surface area (Å²) in [6.45, 7) is 3.95. The topological polar surface area (TPSA) is 52.9 Å². The fourth-order valence-electron chi connectivity index (χ4n) is 2.80. The summed E-state index contributed by atoms with van der Waals surface area (Å²) in [4.78, 5) is 15.8. The summed E-state index contributed by atoms with van der Waals surface area (Å²) >= 11 is 3.19. The van der Waals surface area contributed by atoms with E-state index in [9.17, 15) is 10.1 Å². The number of rotatable bonds is 2. The third kappa shape index (κ3) is 2.61. The van der Waals surface area contributed by atoms with E-state index in [1.54, 1.807) is 22.7 Å². The van der Waals surface area contributed by atoms with Gasteiger partial charge in [0.2, 0.25) is 0 Å². The number of aryl methyl sites for hydroxylation is 3. The Kier molecular flexibility index (Phi) is 3.83. The molecule has 3 nitrogen and oxygen atoms in total. The summed E-state index contributed by atoms with van der Waals surface area (Å²) in [7, 11) is 0. The highest BCUT2D eigenvalue weighted by Gasteiger charge is 2.22. The normalized spacial score (nSPS) is 13.6. The van der Waals surface area contributed by atoms with Gasteiger partial charge in [-0.15, -0.1) is 22.7 Å². The molecule has 0 aliphatic heterocycles. The van der Waals surface area contributed by atoms with Gasteiger partial charge in [0.15, 0.2) is 0 Å². The van der Waals surface area contributed by atoms with Crippen molar-refractivity contribution in [1.82, 2.24) is 0 Å². The predicted octanol–water partition coefficient (Wildman–Crippen LogP) is 4.43.